The molecule has 0 bridgehead atoms. The molecule has 0 aromatic rings. The van der Waals surface area contributed by atoms with Gasteiger partial charge in [0.15, 0.2) is 0 Å². The van der Waals surface area contributed by atoms with E-state index in [1.165, 1.54) is 0 Å². The topological polar surface area (TPSA) is 44.1 Å². The van der Waals surface area contributed by atoms with Crippen LogP contribution in [-0.2, 0) is 4.79 Å². The molecule has 0 N–H and O–H groups in total. The van der Waals surface area contributed by atoms with Crippen LogP contribution < -0.4 is 0 Å². The Morgan fingerprint density at radius 1 is 1.50 bits per heavy atom. The largest absolute Gasteiger partial charge is 0.346 e. The molecule has 0 aliphatic rings. The van der Waals surface area contributed by atoms with E-state index in [0.29, 0.717) is 6.42 Å². The molecule has 0 heterocycles. The molecule has 0 rings (SSSR count). The van der Waals surface area contributed by atoms with E-state index in [2.05, 4.69) is 13.0 Å². The van der Waals surface area contributed by atoms with Crippen molar-refractivity contribution in [2.75, 3.05) is 13.6 Å². The van der Waals surface area contributed by atoms with Crippen molar-refractivity contribution in [3.63, 3.8) is 0 Å². The fourth-order valence-electron chi connectivity index (χ4n) is 1.17. The Bertz CT molecular complexity index is 208. The molecule has 14 heavy (non-hydrogen) atoms. The van der Waals surface area contributed by atoms with E-state index in [4.69, 9.17) is 5.26 Å². The Morgan fingerprint density at radius 2 is 2.14 bits per heavy atom. The molecule has 1 amide bonds. The molecule has 3 nitrogen and oxygen atoms in total. The Balaban J connectivity index is 3.88. The van der Waals surface area contributed by atoms with E-state index in [9.17, 15) is 4.79 Å². The maximum Gasteiger partial charge on any atom is 0.223 e. The van der Waals surface area contributed by atoms with E-state index < -0.39 is 0 Å². The molecule has 0 aromatic heterocycles. The van der Waals surface area contributed by atoms with Crippen LogP contribution in [0.25, 0.3) is 0 Å². The molecule has 0 radical (unpaired) electrons. The minimum atomic E-state index is -0.119. The number of hydrogen-bond acceptors (Lipinski definition) is 2. The van der Waals surface area contributed by atoms with Crippen LogP contribution in [0.15, 0.2) is 0 Å². The number of rotatable bonds is 6. The first-order valence-corrected chi connectivity index (χ1v) is 5.29. The van der Waals surface area contributed by atoms with Crippen molar-refractivity contribution in [3.05, 3.63) is 0 Å². The second kappa shape index (κ2) is 7.37. The van der Waals surface area contributed by atoms with Gasteiger partial charge in [-0.3, -0.25) is 4.79 Å². The number of unbranched alkanes of at least 4 members (excludes halogenated alkanes) is 1. The lowest BCUT2D eigenvalue weighted by Crippen LogP contribution is -2.29. The van der Waals surface area contributed by atoms with Crippen molar-refractivity contribution in [2.24, 2.45) is 5.92 Å². The second-order valence-electron chi connectivity index (χ2n) is 3.61. The van der Waals surface area contributed by atoms with Gasteiger partial charge >= 0.3 is 0 Å². The predicted octanol–water partition coefficient (Wildman–Crippen LogP) is 2.18. The van der Waals surface area contributed by atoms with Crippen LogP contribution in [0.1, 0.15) is 39.5 Å². The van der Waals surface area contributed by atoms with Gasteiger partial charge in [0.2, 0.25) is 5.91 Å². The van der Waals surface area contributed by atoms with Crippen molar-refractivity contribution in [1.29, 1.82) is 5.26 Å². The number of carbonyl (C=O) groups is 1. The van der Waals surface area contributed by atoms with Gasteiger partial charge in [-0.05, 0) is 12.8 Å². The van der Waals surface area contributed by atoms with Crippen LogP contribution in [0.5, 0.6) is 0 Å². The Morgan fingerprint density at radius 3 is 2.57 bits per heavy atom. The highest BCUT2D eigenvalue weighted by molar-refractivity contribution is 5.76. The van der Waals surface area contributed by atoms with Gasteiger partial charge in [0.25, 0.3) is 0 Å². The van der Waals surface area contributed by atoms with Gasteiger partial charge in [-0.25, -0.2) is 0 Å². The summed E-state index contributed by atoms with van der Waals surface area (Å²) in [5.41, 5.74) is 0. The lowest BCUT2D eigenvalue weighted by molar-refractivity contribution is -0.130. The predicted molar refractivity (Wildman–Crippen MR) is 56.6 cm³/mol. The molecule has 1 atom stereocenters. The third-order valence-electron chi connectivity index (χ3n) is 2.37. The first-order chi connectivity index (χ1) is 6.65. The highest BCUT2D eigenvalue weighted by atomic mass is 16.2. The number of nitrogens with zero attached hydrogens (tertiary/aromatic N) is 2. The van der Waals surface area contributed by atoms with E-state index in [1.807, 2.05) is 14.0 Å². The maximum absolute atomic E-state index is 11.6. The third-order valence-corrected chi connectivity index (χ3v) is 2.37. The first kappa shape index (κ1) is 13.0. The smallest absolute Gasteiger partial charge is 0.223 e. The fraction of sp³-hybridized carbons (Fsp3) is 0.818. The van der Waals surface area contributed by atoms with Crippen molar-refractivity contribution >= 4 is 5.91 Å². The van der Waals surface area contributed by atoms with Crippen LogP contribution in [0, 0.1) is 17.2 Å². The summed E-state index contributed by atoms with van der Waals surface area (Å²) in [6.07, 6.45) is 3.25. The first-order valence-electron chi connectivity index (χ1n) is 5.29. The molecular weight excluding hydrogens is 176 g/mol. The van der Waals surface area contributed by atoms with E-state index in [1.54, 1.807) is 4.90 Å². The van der Waals surface area contributed by atoms with Crippen molar-refractivity contribution < 1.29 is 4.79 Å². The third kappa shape index (κ3) is 4.86. The zero-order valence-corrected chi connectivity index (χ0v) is 9.42. The SMILES string of the molecule is CCCCN(C)C(=O)CC(C#N)CC. The van der Waals surface area contributed by atoms with E-state index >= 15 is 0 Å². The molecule has 1 unspecified atom stereocenters. The Kier molecular flexibility index (Phi) is 6.82. The van der Waals surface area contributed by atoms with Gasteiger partial charge in [0.1, 0.15) is 0 Å². The monoisotopic (exact) mass is 196 g/mol. The summed E-state index contributed by atoms with van der Waals surface area (Å²) in [7, 11) is 1.81. The molecule has 0 spiro atoms. The molecule has 0 aliphatic heterocycles. The summed E-state index contributed by atoms with van der Waals surface area (Å²) in [6.45, 7) is 4.84. The molecule has 0 saturated heterocycles. The lowest BCUT2D eigenvalue weighted by Gasteiger charge is -2.17. The van der Waals surface area contributed by atoms with Crippen LogP contribution in [0.3, 0.4) is 0 Å². The molecule has 80 valence electrons. The van der Waals surface area contributed by atoms with Gasteiger partial charge in [0, 0.05) is 20.0 Å². The number of amides is 1. The zero-order valence-electron chi connectivity index (χ0n) is 9.42. The number of hydrogen-bond donors (Lipinski definition) is 0. The molecule has 0 fully saturated rings. The summed E-state index contributed by atoms with van der Waals surface area (Å²) < 4.78 is 0. The number of carbonyl (C=O) groups excluding carboxylic acids is 1. The maximum atomic E-state index is 11.6. The van der Waals surface area contributed by atoms with Crippen LogP contribution >= 0.6 is 0 Å². The highest BCUT2D eigenvalue weighted by Gasteiger charge is 2.14. The fourth-order valence-corrected chi connectivity index (χ4v) is 1.17. The molecule has 0 aliphatic carbocycles. The van der Waals surface area contributed by atoms with Gasteiger partial charge in [-0.1, -0.05) is 20.3 Å². The summed E-state index contributed by atoms with van der Waals surface area (Å²) in [6, 6.07) is 2.15. The summed E-state index contributed by atoms with van der Waals surface area (Å²) in [5, 5.41) is 8.71. The summed E-state index contributed by atoms with van der Waals surface area (Å²) >= 11 is 0. The minimum Gasteiger partial charge on any atom is -0.346 e. The highest BCUT2D eigenvalue weighted by Crippen LogP contribution is 2.08. The second-order valence-corrected chi connectivity index (χ2v) is 3.61. The molecule has 0 saturated carbocycles. The van der Waals surface area contributed by atoms with Crippen LogP contribution in [0.4, 0.5) is 0 Å². The molecular formula is C11H20N2O. The number of nitriles is 1. The van der Waals surface area contributed by atoms with E-state index in [0.717, 1.165) is 25.8 Å². The molecule has 3 heteroatoms. The standard InChI is InChI=1S/C11H20N2O/c1-4-6-7-13(3)11(14)8-10(5-2)9-12/h10H,4-8H2,1-3H3. The normalized spacial score (nSPS) is 11.9. The molecule has 0 aromatic carbocycles. The van der Waals surface area contributed by atoms with Gasteiger partial charge in [-0.2, -0.15) is 5.26 Å². The van der Waals surface area contributed by atoms with Gasteiger partial charge in [0.05, 0.1) is 12.0 Å². The van der Waals surface area contributed by atoms with Gasteiger partial charge in [-0.15, -0.1) is 0 Å². The average molecular weight is 196 g/mol. The van der Waals surface area contributed by atoms with Crippen molar-refractivity contribution in [2.45, 2.75) is 39.5 Å². The van der Waals surface area contributed by atoms with Crippen molar-refractivity contribution in [3.8, 4) is 6.07 Å². The van der Waals surface area contributed by atoms with Crippen LogP contribution in [0.2, 0.25) is 0 Å². The van der Waals surface area contributed by atoms with E-state index in [-0.39, 0.29) is 11.8 Å². The minimum absolute atomic E-state index is 0.0897. The Labute approximate surface area is 86.7 Å². The van der Waals surface area contributed by atoms with Crippen molar-refractivity contribution in [1.82, 2.24) is 4.90 Å². The quantitative estimate of drug-likeness (QED) is 0.653. The lowest BCUT2D eigenvalue weighted by atomic mass is 10.0. The van der Waals surface area contributed by atoms with Crippen LogP contribution in [-0.4, -0.2) is 24.4 Å². The Hall–Kier alpha value is -1.04. The average Bonchev–Trinajstić information content (AvgIpc) is 2.21. The summed E-state index contributed by atoms with van der Waals surface area (Å²) in [4.78, 5) is 13.3. The zero-order chi connectivity index (χ0) is 11.0. The van der Waals surface area contributed by atoms with Gasteiger partial charge < -0.3 is 4.90 Å². The summed E-state index contributed by atoms with van der Waals surface area (Å²) in [5.74, 6) is -0.0292.